The van der Waals surface area contributed by atoms with E-state index in [9.17, 15) is 9.90 Å². The molecule has 2 unspecified atom stereocenters. The Morgan fingerprint density at radius 2 is 1.58 bits per heavy atom. The monoisotopic (exact) mass is 455 g/mol. The van der Waals surface area contributed by atoms with Crippen molar-refractivity contribution in [1.29, 1.82) is 0 Å². The average molecular weight is 456 g/mol. The number of aliphatic hydroxyl groups is 1. The van der Waals surface area contributed by atoms with Crippen LogP contribution < -0.4 is 5.32 Å². The second-order valence-electron chi connectivity index (χ2n) is 8.31. The van der Waals surface area contributed by atoms with E-state index in [4.69, 9.17) is 0 Å². The summed E-state index contributed by atoms with van der Waals surface area (Å²) in [5.74, 6) is 0.445. The maximum absolute atomic E-state index is 13.0. The van der Waals surface area contributed by atoms with Crippen molar-refractivity contribution in [3.8, 4) is 10.4 Å². The van der Waals surface area contributed by atoms with Crippen LogP contribution >= 0.6 is 11.3 Å². The summed E-state index contributed by atoms with van der Waals surface area (Å²) < 4.78 is 0. The molecule has 33 heavy (non-hydrogen) atoms. The van der Waals surface area contributed by atoms with E-state index in [2.05, 4.69) is 36.5 Å². The quantitative estimate of drug-likeness (QED) is 0.252. The van der Waals surface area contributed by atoms with Crippen LogP contribution in [0.15, 0.2) is 91.0 Å². The molecule has 3 aromatic carbocycles. The average Bonchev–Trinajstić information content (AvgIpc) is 3.34. The fraction of sp³-hybridized carbons (Fsp3) is 0.207. The highest BCUT2D eigenvalue weighted by Crippen LogP contribution is 2.33. The summed E-state index contributed by atoms with van der Waals surface area (Å²) in [6.07, 6.45) is 0.967. The lowest BCUT2D eigenvalue weighted by molar-refractivity contribution is 0.0976. The number of ketones is 1. The minimum Gasteiger partial charge on any atom is -0.389 e. The summed E-state index contributed by atoms with van der Waals surface area (Å²) in [4.78, 5) is 14.9. The van der Waals surface area contributed by atoms with E-state index in [1.54, 1.807) is 18.3 Å². The molecule has 0 radical (unpaired) electrons. The molecule has 0 amide bonds. The summed E-state index contributed by atoms with van der Waals surface area (Å²) in [6, 6.07) is 30.3. The van der Waals surface area contributed by atoms with E-state index in [0.717, 1.165) is 38.7 Å². The molecule has 1 aromatic heterocycles. The zero-order chi connectivity index (χ0) is 23.2. The number of carbonyl (C=O) groups excluding carboxylic acids is 1. The lowest BCUT2D eigenvalue weighted by Crippen LogP contribution is -2.05. The summed E-state index contributed by atoms with van der Waals surface area (Å²) >= 11 is 1.55. The molecule has 0 aliphatic rings. The Kier molecular flexibility index (Phi) is 7.38. The van der Waals surface area contributed by atoms with Crippen LogP contribution in [0, 0.1) is 0 Å². The van der Waals surface area contributed by atoms with E-state index < -0.39 is 6.10 Å². The molecular formula is C29H29NO2S. The summed E-state index contributed by atoms with van der Waals surface area (Å²) in [6.45, 7) is 3.90. The highest BCUT2D eigenvalue weighted by atomic mass is 32.1. The number of benzene rings is 3. The molecule has 0 aliphatic heterocycles. The van der Waals surface area contributed by atoms with Crippen LogP contribution in [0.5, 0.6) is 0 Å². The van der Waals surface area contributed by atoms with Crippen molar-refractivity contribution in [1.82, 2.24) is 0 Å². The van der Waals surface area contributed by atoms with Gasteiger partial charge in [-0.1, -0.05) is 61.5 Å². The van der Waals surface area contributed by atoms with Gasteiger partial charge in [0.25, 0.3) is 0 Å². The third kappa shape index (κ3) is 5.78. The van der Waals surface area contributed by atoms with Gasteiger partial charge in [0, 0.05) is 22.7 Å². The molecule has 0 spiro atoms. The smallest absolute Gasteiger partial charge is 0.173 e. The number of thiophene rings is 1. The molecule has 0 aliphatic carbocycles. The van der Waals surface area contributed by atoms with Gasteiger partial charge in [-0.3, -0.25) is 4.79 Å². The predicted molar refractivity (Wildman–Crippen MR) is 139 cm³/mol. The molecule has 2 N–H and O–H groups in total. The molecule has 0 fully saturated rings. The second kappa shape index (κ2) is 10.6. The number of hydrogen-bond donors (Lipinski definition) is 2. The fourth-order valence-corrected chi connectivity index (χ4v) is 4.93. The standard InChI is InChI=1S/C29H29NO2S/c1-3-21(22-9-5-4-6-10-22)19-27(32)29-16-15-28(33-29)24-12-8-14-26(18-24)30-25-13-7-11-23(17-25)20(2)31/h4-18,20-21,30-31H,3,19H2,1-2H3. The molecule has 168 valence electrons. The van der Waals surface area contributed by atoms with Crippen LogP contribution in [0.4, 0.5) is 11.4 Å². The lowest BCUT2D eigenvalue weighted by atomic mass is 9.91. The molecule has 0 saturated carbocycles. The van der Waals surface area contributed by atoms with Gasteiger partial charge in [-0.05, 0) is 72.4 Å². The fourth-order valence-electron chi connectivity index (χ4n) is 3.98. The molecule has 4 rings (SSSR count). The van der Waals surface area contributed by atoms with Gasteiger partial charge in [0.1, 0.15) is 0 Å². The summed E-state index contributed by atoms with van der Waals surface area (Å²) in [5.41, 5.74) is 5.07. The van der Waals surface area contributed by atoms with Gasteiger partial charge in [-0.15, -0.1) is 11.3 Å². The van der Waals surface area contributed by atoms with Crippen LogP contribution in [0.25, 0.3) is 10.4 Å². The topological polar surface area (TPSA) is 49.3 Å². The van der Waals surface area contributed by atoms with Crippen molar-refractivity contribution in [2.75, 3.05) is 5.32 Å². The van der Waals surface area contributed by atoms with Gasteiger partial charge in [0.15, 0.2) is 5.78 Å². The maximum Gasteiger partial charge on any atom is 0.173 e. The normalized spacial score (nSPS) is 12.8. The van der Waals surface area contributed by atoms with Crippen LogP contribution in [0.1, 0.15) is 59.5 Å². The second-order valence-corrected chi connectivity index (χ2v) is 9.40. The molecule has 0 bridgehead atoms. The molecule has 4 aromatic rings. The number of nitrogens with one attached hydrogen (secondary N) is 1. The van der Waals surface area contributed by atoms with Crippen LogP contribution in [0.3, 0.4) is 0 Å². The Morgan fingerprint density at radius 3 is 2.30 bits per heavy atom. The summed E-state index contributed by atoms with van der Waals surface area (Å²) in [5, 5.41) is 13.3. The number of Topliss-reactive ketones (excluding diaryl/α,β-unsaturated/α-hetero) is 1. The van der Waals surface area contributed by atoms with Crippen LogP contribution in [-0.2, 0) is 0 Å². The van der Waals surface area contributed by atoms with E-state index in [0.29, 0.717) is 6.42 Å². The first-order valence-corrected chi connectivity index (χ1v) is 12.2. The molecule has 4 heteroatoms. The van der Waals surface area contributed by atoms with Gasteiger partial charge < -0.3 is 10.4 Å². The summed E-state index contributed by atoms with van der Waals surface area (Å²) in [7, 11) is 0. The van der Waals surface area contributed by atoms with Crippen molar-refractivity contribution in [2.24, 2.45) is 0 Å². The number of aliphatic hydroxyl groups excluding tert-OH is 1. The molecule has 2 atom stereocenters. The van der Waals surface area contributed by atoms with Crippen molar-refractivity contribution in [2.45, 2.75) is 38.7 Å². The highest BCUT2D eigenvalue weighted by Gasteiger charge is 2.17. The van der Waals surface area contributed by atoms with E-state index in [1.807, 2.05) is 66.7 Å². The Hall–Kier alpha value is -3.21. The zero-order valence-electron chi connectivity index (χ0n) is 19.0. The molecule has 3 nitrogen and oxygen atoms in total. The van der Waals surface area contributed by atoms with E-state index in [-0.39, 0.29) is 11.7 Å². The molecule has 1 heterocycles. The number of hydrogen-bond acceptors (Lipinski definition) is 4. The van der Waals surface area contributed by atoms with Gasteiger partial charge >= 0.3 is 0 Å². The third-order valence-electron chi connectivity index (χ3n) is 5.88. The SMILES string of the molecule is CCC(CC(=O)c1ccc(-c2cccc(Nc3cccc(C(C)O)c3)c2)s1)c1ccccc1. The number of rotatable bonds is 9. The first kappa shape index (κ1) is 23.0. The van der Waals surface area contributed by atoms with Gasteiger partial charge in [-0.2, -0.15) is 0 Å². The molecular weight excluding hydrogens is 426 g/mol. The lowest BCUT2D eigenvalue weighted by Gasteiger charge is -2.13. The van der Waals surface area contributed by atoms with Crippen LogP contribution in [0.2, 0.25) is 0 Å². The first-order chi connectivity index (χ1) is 16.0. The van der Waals surface area contributed by atoms with Crippen molar-refractivity contribution >= 4 is 28.5 Å². The first-order valence-electron chi connectivity index (χ1n) is 11.4. The van der Waals surface area contributed by atoms with Gasteiger partial charge in [-0.25, -0.2) is 0 Å². The Balaban J connectivity index is 1.48. The largest absolute Gasteiger partial charge is 0.389 e. The maximum atomic E-state index is 13.0. The third-order valence-corrected chi connectivity index (χ3v) is 7.06. The Bertz CT molecular complexity index is 1210. The van der Waals surface area contributed by atoms with Crippen molar-refractivity contribution in [3.63, 3.8) is 0 Å². The van der Waals surface area contributed by atoms with Crippen molar-refractivity contribution < 1.29 is 9.90 Å². The highest BCUT2D eigenvalue weighted by molar-refractivity contribution is 7.17. The molecule has 0 saturated heterocycles. The minimum atomic E-state index is -0.505. The number of carbonyl (C=O) groups is 1. The number of anilines is 2. The zero-order valence-corrected chi connectivity index (χ0v) is 19.8. The van der Waals surface area contributed by atoms with Gasteiger partial charge in [0.2, 0.25) is 0 Å². The van der Waals surface area contributed by atoms with Gasteiger partial charge in [0.05, 0.1) is 11.0 Å². The van der Waals surface area contributed by atoms with E-state index in [1.165, 1.54) is 5.56 Å². The van der Waals surface area contributed by atoms with E-state index >= 15 is 0 Å². The Labute approximate surface area is 199 Å². The van der Waals surface area contributed by atoms with Crippen LogP contribution in [-0.4, -0.2) is 10.9 Å². The Morgan fingerprint density at radius 1 is 0.879 bits per heavy atom. The van der Waals surface area contributed by atoms with Crippen molar-refractivity contribution in [3.05, 3.63) is 107 Å². The minimum absolute atomic E-state index is 0.200. The predicted octanol–water partition coefficient (Wildman–Crippen LogP) is 7.98.